The lowest BCUT2D eigenvalue weighted by molar-refractivity contribution is -0.274. The Labute approximate surface area is 100 Å². The number of ether oxygens (including phenoxy) is 2. The Kier molecular flexibility index (Phi) is 4.19. The molecule has 1 rings (SSSR count). The third-order valence-corrected chi connectivity index (χ3v) is 1.77. The Morgan fingerprint density at radius 2 is 2.11 bits per heavy atom. The highest BCUT2D eigenvalue weighted by atomic mass is 19.4. The second-order valence-electron chi connectivity index (χ2n) is 3.11. The minimum atomic E-state index is -4.85. The van der Waals surface area contributed by atoms with Crippen LogP contribution in [-0.2, 0) is 0 Å². The lowest BCUT2D eigenvalue weighted by atomic mass is 10.2. The number of rotatable bonds is 5. The van der Waals surface area contributed by atoms with E-state index in [-0.39, 0.29) is 17.9 Å². The van der Waals surface area contributed by atoms with Crippen LogP contribution in [-0.4, -0.2) is 24.0 Å². The zero-order valence-corrected chi connectivity index (χ0v) is 9.03. The van der Waals surface area contributed by atoms with E-state index in [0.29, 0.717) is 0 Å². The zero-order valence-electron chi connectivity index (χ0n) is 9.03. The summed E-state index contributed by atoms with van der Waals surface area (Å²) in [7, 11) is 0. The van der Waals surface area contributed by atoms with Crippen molar-refractivity contribution in [2.45, 2.75) is 6.36 Å². The van der Waals surface area contributed by atoms with Crippen molar-refractivity contribution < 1.29 is 32.5 Å². The van der Waals surface area contributed by atoms with Gasteiger partial charge in [0.05, 0.1) is 0 Å². The molecule has 1 N–H and O–H groups in total. The largest absolute Gasteiger partial charge is 0.573 e. The molecule has 7 heteroatoms. The average Bonchev–Trinajstić information content (AvgIpc) is 2.23. The molecule has 0 radical (unpaired) electrons. The van der Waals surface area contributed by atoms with Crippen LogP contribution in [0.3, 0.4) is 0 Å². The van der Waals surface area contributed by atoms with Crippen LogP contribution in [0.4, 0.5) is 13.2 Å². The number of hydrogen-bond donors (Lipinski definition) is 1. The highest BCUT2D eigenvalue weighted by molar-refractivity contribution is 5.91. The van der Waals surface area contributed by atoms with Crippen molar-refractivity contribution in [3.63, 3.8) is 0 Å². The van der Waals surface area contributed by atoms with Crippen LogP contribution in [0.15, 0.2) is 30.9 Å². The number of carboxylic acid groups (broad SMARTS) is 1. The summed E-state index contributed by atoms with van der Waals surface area (Å²) in [6.07, 6.45) is -3.51. The highest BCUT2D eigenvalue weighted by Crippen LogP contribution is 2.29. The van der Waals surface area contributed by atoms with Crippen molar-refractivity contribution in [3.8, 4) is 11.5 Å². The number of hydrogen-bond acceptors (Lipinski definition) is 3. The van der Waals surface area contributed by atoms with E-state index in [1.165, 1.54) is 6.08 Å². The van der Waals surface area contributed by atoms with E-state index in [9.17, 15) is 18.0 Å². The summed E-state index contributed by atoms with van der Waals surface area (Å²) in [6, 6.07) is 2.74. The molecule has 0 unspecified atom stereocenters. The van der Waals surface area contributed by atoms with Gasteiger partial charge in [0, 0.05) is 6.07 Å². The van der Waals surface area contributed by atoms with Gasteiger partial charge in [-0.2, -0.15) is 0 Å². The lowest BCUT2D eigenvalue weighted by Crippen LogP contribution is -2.17. The maximum atomic E-state index is 12.0. The zero-order chi connectivity index (χ0) is 13.8. The van der Waals surface area contributed by atoms with Gasteiger partial charge in [-0.25, -0.2) is 4.79 Å². The molecule has 4 nitrogen and oxygen atoms in total. The summed E-state index contributed by atoms with van der Waals surface area (Å²) in [5.74, 6) is -2.08. The monoisotopic (exact) mass is 262 g/mol. The third-order valence-electron chi connectivity index (χ3n) is 1.77. The summed E-state index contributed by atoms with van der Waals surface area (Å²) >= 11 is 0. The summed E-state index contributed by atoms with van der Waals surface area (Å²) in [6.45, 7) is 3.32. The third kappa shape index (κ3) is 4.00. The molecule has 0 atom stereocenters. The van der Waals surface area contributed by atoms with Crippen LogP contribution < -0.4 is 9.47 Å². The van der Waals surface area contributed by atoms with Crippen molar-refractivity contribution >= 4 is 5.97 Å². The van der Waals surface area contributed by atoms with Gasteiger partial charge in [0.25, 0.3) is 0 Å². The molecule has 0 amide bonds. The fraction of sp³-hybridized carbons (Fsp3) is 0.182. The highest BCUT2D eigenvalue weighted by Gasteiger charge is 2.31. The molecule has 18 heavy (non-hydrogen) atoms. The molecule has 0 aromatic heterocycles. The first-order valence-electron chi connectivity index (χ1n) is 4.70. The minimum absolute atomic E-state index is 0.0320. The van der Waals surface area contributed by atoms with E-state index < -0.39 is 18.1 Å². The van der Waals surface area contributed by atoms with Crippen LogP contribution in [0.25, 0.3) is 0 Å². The number of carboxylic acids is 1. The van der Waals surface area contributed by atoms with Crippen LogP contribution in [0, 0.1) is 0 Å². The van der Waals surface area contributed by atoms with Gasteiger partial charge < -0.3 is 14.6 Å². The summed E-state index contributed by atoms with van der Waals surface area (Å²) in [5.41, 5.74) is -0.258. The predicted octanol–water partition coefficient (Wildman–Crippen LogP) is 2.85. The molecule has 0 saturated carbocycles. The molecule has 1 aromatic carbocycles. The van der Waals surface area contributed by atoms with Crippen molar-refractivity contribution in [2.24, 2.45) is 0 Å². The van der Waals surface area contributed by atoms with Gasteiger partial charge >= 0.3 is 12.3 Å². The van der Waals surface area contributed by atoms with E-state index in [4.69, 9.17) is 9.84 Å². The average molecular weight is 262 g/mol. The molecule has 0 saturated heterocycles. The first-order chi connectivity index (χ1) is 8.33. The fourth-order valence-corrected chi connectivity index (χ4v) is 1.14. The quantitative estimate of drug-likeness (QED) is 0.829. The van der Waals surface area contributed by atoms with Gasteiger partial charge in [-0.3, -0.25) is 0 Å². The van der Waals surface area contributed by atoms with Gasteiger partial charge in [-0.15, -0.1) is 13.2 Å². The molecular formula is C11H9F3O4. The first kappa shape index (κ1) is 13.9. The van der Waals surface area contributed by atoms with E-state index in [2.05, 4.69) is 11.3 Å². The number of aromatic carboxylic acids is 1. The molecule has 0 bridgehead atoms. The number of alkyl halides is 3. The van der Waals surface area contributed by atoms with E-state index >= 15 is 0 Å². The molecule has 0 heterocycles. The number of carbonyl (C=O) groups is 1. The summed E-state index contributed by atoms with van der Waals surface area (Å²) < 4.78 is 44.6. The normalized spacial score (nSPS) is 10.8. The maximum Gasteiger partial charge on any atom is 0.573 e. The van der Waals surface area contributed by atoms with Crippen LogP contribution in [0.1, 0.15) is 10.4 Å². The molecule has 0 aliphatic carbocycles. The predicted molar refractivity (Wildman–Crippen MR) is 55.8 cm³/mol. The Bertz CT molecular complexity index is 454. The number of benzene rings is 1. The van der Waals surface area contributed by atoms with Gasteiger partial charge in [-0.05, 0) is 12.1 Å². The lowest BCUT2D eigenvalue weighted by Gasteiger charge is -2.12. The summed E-state index contributed by atoms with van der Waals surface area (Å²) in [5, 5.41) is 8.82. The van der Waals surface area contributed by atoms with E-state index in [1.54, 1.807) is 0 Å². The Morgan fingerprint density at radius 1 is 1.44 bits per heavy atom. The number of halogens is 3. The Morgan fingerprint density at radius 3 is 2.61 bits per heavy atom. The summed E-state index contributed by atoms with van der Waals surface area (Å²) in [4.78, 5) is 10.8. The van der Waals surface area contributed by atoms with Crippen LogP contribution >= 0.6 is 0 Å². The van der Waals surface area contributed by atoms with Crippen molar-refractivity contribution in [1.82, 2.24) is 0 Å². The van der Waals surface area contributed by atoms with Crippen LogP contribution in [0.5, 0.6) is 11.5 Å². The minimum Gasteiger partial charge on any atom is -0.489 e. The van der Waals surface area contributed by atoms with Crippen LogP contribution in [0.2, 0.25) is 0 Å². The Balaban J connectivity index is 3.04. The molecular weight excluding hydrogens is 253 g/mol. The van der Waals surface area contributed by atoms with Crippen molar-refractivity contribution in [3.05, 3.63) is 36.4 Å². The second-order valence-corrected chi connectivity index (χ2v) is 3.11. The van der Waals surface area contributed by atoms with Crippen molar-refractivity contribution in [1.29, 1.82) is 0 Å². The second kappa shape index (κ2) is 5.44. The smallest absolute Gasteiger partial charge is 0.489 e. The van der Waals surface area contributed by atoms with Gasteiger partial charge in [-0.1, -0.05) is 12.7 Å². The molecule has 0 fully saturated rings. The van der Waals surface area contributed by atoms with Gasteiger partial charge in [0.2, 0.25) is 0 Å². The molecule has 1 aromatic rings. The van der Waals surface area contributed by atoms with Gasteiger partial charge in [0.1, 0.15) is 23.7 Å². The molecule has 0 aliphatic rings. The SMILES string of the molecule is C=CCOc1cc(OC(F)(F)F)ccc1C(=O)O. The fourth-order valence-electron chi connectivity index (χ4n) is 1.14. The topological polar surface area (TPSA) is 55.8 Å². The molecule has 0 spiro atoms. The molecule has 98 valence electrons. The van der Waals surface area contributed by atoms with E-state index in [1.807, 2.05) is 0 Å². The Hall–Kier alpha value is -2.18. The standard InChI is InChI=1S/C11H9F3O4/c1-2-5-17-9-6-7(18-11(12,13)14)3-4-8(9)10(15)16/h2-4,6H,1,5H2,(H,15,16). The van der Waals surface area contributed by atoms with E-state index in [0.717, 1.165) is 18.2 Å². The first-order valence-corrected chi connectivity index (χ1v) is 4.70. The molecule has 0 aliphatic heterocycles. The maximum absolute atomic E-state index is 12.0. The van der Waals surface area contributed by atoms with Crippen molar-refractivity contribution in [2.75, 3.05) is 6.61 Å². The van der Waals surface area contributed by atoms with Gasteiger partial charge in [0.15, 0.2) is 0 Å².